The Morgan fingerprint density at radius 1 is 1.15 bits per heavy atom. The second-order valence-corrected chi connectivity index (χ2v) is 8.02. The van der Waals surface area contributed by atoms with Crippen LogP contribution in [0.25, 0.3) is 0 Å². The molecule has 4 rings (SSSR count). The van der Waals surface area contributed by atoms with Crippen molar-refractivity contribution in [3.8, 4) is 0 Å². The van der Waals surface area contributed by atoms with Gasteiger partial charge < -0.3 is 9.80 Å². The second kappa shape index (κ2) is 7.14. The number of nitrogens with zero attached hydrogens (tertiary/aromatic N) is 3. The average molecular weight is 395 g/mol. The molecule has 1 saturated heterocycles. The van der Waals surface area contributed by atoms with E-state index in [4.69, 9.17) is 0 Å². The van der Waals surface area contributed by atoms with Crippen molar-refractivity contribution in [3.05, 3.63) is 45.8 Å². The maximum absolute atomic E-state index is 12.9. The zero-order valence-electron chi connectivity index (χ0n) is 14.7. The summed E-state index contributed by atoms with van der Waals surface area (Å²) in [6, 6.07) is 6.05. The third-order valence-electron chi connectivity index (χ3n) is 5.31. The molecule has 2 aliphatic heterocycles. The maximum atomic E-state index is 12.9. The van der Waals surface area contributed by atoms with Gasteiger partial charge in [-0.15, -0.1) is 11.3 Å². The molecular weight excluding hydrogens is 375 g/mol. The van der Waals surface area contributed by atoms with Crippen molar-refractivity contribution in [2.24, 2.45) is 5.92 Å². The van der Waals surface area contributed by atoms with Crippen molar-refractivity contribution in [3.63, 3.8) is 0 Å². The van der Waals surface area contributed by atoms with Crippen LogP contribution in [0.1, 0.15) is 29.0 Å². The van der Waals surface area contributed by atoms with E-state index in [1.807, 2.05) is 9.80 Å². The van der Waals surface area contributed by atoms with E-state index in [-0.39, 0.29) is 11.8 Å². The molecule has 4 heterocycles. The maximum Gasteiger partial charge on any atom is 0.433 e. The number of carbonyl (C=O) groups is 1. The minimum Gasteiger partial charge on any atom is -0.357 e. The molecule has 0 bridgehead atoms. The van der Waals surface area contributed by atoms with E-state index in [1.165, 1.54) is 16.5 Å². The lowest BCUT2D eigenvalue weighted by molar-refractivity contribution is -0.141. The summed E-state index contributed by atoms with van der Waals surface area (Å²) in [5, 5.41) is 2.07. The third kappa shape index (κ3) is 3.81. The molecule has 0 radical (unpaired) electrons. The summed E-state index contributed by atoms with van der Waals surface area (Å²) in [6.07, 6.45) is -2.25. The lowest BCUT2D eigenvalue weighted by atomic mass is 9.94. The number of rotatable bonds is 2. The molecule has 4 nitrogen and oxygen atoms in total. The van der Waals surface area contributed by atoms with Gasteiger partial charge in [-0.05, 0) is 48.4 Å². The van der Waals surface area contributed by atoms with E-state index in [0.29, 0.717) is 38.3 Å². The van der Waals surface area contributed by atoms with Crippen LogP contribution in [-0.2, 0) is 23.9 Å². The number of alkyl halides is 3. The highest BCUT2D eigenvalue weighted by molar-refractivity contribution is 7.10. The number of halogens is 3. The predicted molar refractivity (Wildman–Crippen MR) is 97.6 cm³/mol. The van der Waals surface area contributed by atoms with Crippen molar-refractivity contribution in [1.82, 2.24) is 9.88 Å². The van der Waals surface area contributed by atoms with Gasteiger partial charge in [-0.2, -0.15) is 13.2 Å². The van der Waals surface area contributed by atoms with Gasteiger partial charge in [-0.1, -0.05) is 6.07 Å². The summed E-state index contributed by atoms with van der Waals surface area (Å²) in [4.78, 5) is 21.7. The zero-order chi connectivity index (χ0) is 19.0. The summed E-state index contributed by atoms with van der Waals surface area (Å²) in [7, 11) is 0. The Balaban J connectivity index is 1.37. The molecule has 0 unspecified atom stereocenters. The third-order valence-corrected chi connectivity index (χ3v) is 6.34. The molecule has 144 valence electrons. The van der Waals surface area contributed by atoms with E-state index in [0.717, 1.165) is 19.0 Å². The number of thiophene rings is 1. The first-order valence-electron chi connectivity index (χ1n) is 9.05. The first-order valence-corrected chi connectivity index (χ1v) is 9.93. The lowest BCUT2D eigenvalue weighted by Crippen LogP contribution is -2.44. The predicted octanol–water partition coefficient (Wildman–Crippen LogP) is 3.96. The molecule has 1 fully saturated rings. The van der Waals surface area contributed by atoms with Crippen molar-refractivity contribution in [2.75, 3.05) is 24.5 Å². The number of hydrogen-bond donors (Lipinski definition) is 0. The summed E-state index contributed by atoms with van der Waals surface area (Å²) in [5.74, 6) is 0.437. The van der Waals surface area contributed by atoms with Crippen LogP contribution >= 0.6 is 11.3 Å². The quantitative estimate of drug-likeness (QED) is 0.772. The summed E-state index contributed by atoms with van der Waals surface area (Å²) < 4.78 is 38.6. The molecule has 0 atom stereocenters. The highest BCUT2D eigenvalue weighted by Gasteiger charge is 2.34. The topological polar surface area (TPSA) is 36.4 Å². The van der Waals surface area contributed by atoms with Crippen LogP contribution in [0.2, 0.25) is 0 Å². The van der Waals surface area contributed by atoms with Gasteiger partial charge in [0.05, 0.1) is 0 Å². The number of amides is 1. The molecule has 27 heavy (non-hydrogen) atoms. The molecule has 8 heteroatoms. The SMILES string of the molecule is O=C(C1CCN(c2cccc(C(F)(F)F)n2)CC1)N1CCc2sccc2C1. The van der Waals surface area contributed by atoms with E-state index >= 15 is 0 Å². The molecular formula is C19H20F3N3OS. The molecule has 0 spiro atoms. The number of fused-ring (bicyclic) bond motifs is 1. The average Bonchev–Trinajstić information content (AvgIpc) is 3.15. The Bertz CT molecular complexity index is 828. The number of aromatic nitrogens is 1. The minimum absolute atomic E-state index is 0.0627. The van der Waals surface area contributed by atoms with Crippen LogP contribution in [0.3, 0.4) is 0 Å². The van der Waals surface area contributed by atoms with E-state index in [1.54, 1.807) is 17.4 Å². The summed E-state index contributed by atoms with van der Waals surface area (Å²) in [6.45, 7) is 2.51. The normalized spacial score (nSPS) is 18.5. The molecule has 0 aromatic carbocycles. The zero-order valence-corrected chi connectivity index (χ0v) is 15.5. The smallest absolute Gasteiger partial charge is 0.357 e. The van der Waals surface area contributed by atoms with Gasteiger partial charge in [-0.3, -0.25) is 4.79 Å². The largest absolute Gasteiger partial charge is 0.433 e. The first kappa shape index (κ1) is 18.3. The van der Waals surface area contributed by atoms with Crippen LogP contribution in [0.5, 0.6) is 0 Å². The molecule has 0 aliphatic carbocycles. The van der Waals surface area contributed by atoms with Gasteiger partial charge in [0.15, 0.2) is 0 Å². The number of carbonyl (C=O) groups excluding carboxylic acids is 1. The number of hydrogen-bond acceptors (Lipinski definition) is 4. The van der Waals surface area contributed by atoms with E-state index in [9.17, 15) is 18.0 Å². The van der Waals surface area contributed by atoms with Crippen LogP contribution in [-0.4, -0.2) is 35.4 Å². The first-order chi connectivity index (χ1) is 12.9. The highest BCUT2D eigenvalue weighted by atomic mass is 32.1. The Morgan fingerprint density at radius 2 is 1.93 bits per heavy atom. The Morgan fingerprint density at radius 3 is 2.67 bits per heavy atom. The Hall–Kier alpha value is -2.09. The van der Waals surface area contributed by atoms with Gasteiger partial charge in [0.2, 0.25) is 5.91 Å². The van der Waals surface area contributed by atoms with Gasteiger partial charge in [-0.25, -0.2) is 4.98 Å². The van der Waals surface area contributed by atoms with Crippen molar-refractivity contribution in [1.29, 1.82) is 0 Å². The van der Waals surface area contributed by atoms with Crippen LogP contribution in [0.4, 0.5) is 19.0 Å². The molecule has 2 aliphatic rings. The van der Waals surface area contributed by atoms with Gasteiger partial charge in [0, 0.05) is 37.0 Å². The van der Waals surface area contributed by atoms with Crippen molar-refractivity contribution in [2.45, 2.75) is 32.0 Å². The minimum atomic E-state index is -4.45. The highest BCUT2D eigenvalue weighted by Crippen LogP contribution is 2.31. The standard InChI is InChI=1S/C19H20F3N3OS/c20-19(21,22)16-2-1-3-17(23-16)24-8-4-13(5-9-24)18(26)25-10-6-15-14(12-25)7-11-27-15/h1-3,7,11,13H,4-6,8-10,12H2. The fraction of sp³-hybridized carbons (Fsp3) is 0.474. The molecule has 0 saturated carbocycles. The van der Waals surface area contributed by atoms with Crippen LogP contribution in [0.15, 0.2) is 29.6 Å². The number of anilines is 1. The summed E-state index contributed by atoms with van der Waals surface area (Å²) in [5.41, 5.74) is 0.364. The summed E-state index contributed by atoms with van der Waals surface area (Å²) >= 11 is 1.74. The molecule has 2 aromatic rings. The lowest BCUT2D eigenvalue weighted by Gasteiger charge is -2.36. The fourth-order valence-corrected chi connectivity index (χ4v) is 4.70. The monoisotopic (exact) mass is 395 g/mol. The van der Waals surface area contributed by atoms with E-state index < -0.39 is 11.9 Å². The fourth-order valence-electron chi connectivity index (χ4n) is 3.81. The van der Waals surface area contributed by atoms with E-state index in [2.05, 4.69) is 16.4 Å². The Kier molecular flexibility index (Phi) is 4.84. The Labute approximate surface area is 159 Å². The van der Waals surface area contributed by atoms with Gasteiger partial charge in [0.25, 0.3) is 0 Å². The van der Waals surface area contributed by atoms with Crippen LogP contribution in [0, 0.1) is 5.92 Å². The number of pyridine rings is 1. The molecule has 0 N–H and O–H groups in total. The second-order valence-electron chi connectivity index (χ2n) is 7.02. The van der Waals surface area contributed by atoms with Gasteiger partial charge >= 0.3 is 6.18 Å². The van der Waals surface area contributed by atoms with Crippen LogP contribution < -0.4 is 4.90 Å². The van der Waals surface area contributed by atoms with Crippen molar-refractivity contribution >= 4 is 23.1 Å². The van der Waals surface area contributed by atoms with Gasteiger partial charge in [0.1, 0.15) is 11.5 Å². The molecule has 2 aromatic heterocycles. The molecule has 1 amide bonds. The van der Waals surface area contributed by atoms with Crippen molar-refractivity contribution < 1.29 is 18.0 Å². The number of piperidine rings is 1.